The van der Waals surface area contributed by atoms with E-state index in [1.54, 1.807) is 12.4 Å². The van der Waals surface area contributed by atoms with Gasteiger partial charge in [-0.25, -0.2) is 0 Å². The lowest BCUT2D eigenvalue weighted by atomic mass is 10.3. The molecular weight excluding hydrogens is 152 g/mol. The highest BCUT2D eigenvalue weighted by Gasteiger charge is 1.98. The van der Waals surface area contributed by atoms with Crippen LogP contribution in [0.3, 0.4) is 0 Å². The molecule has 0 radical (unpaired) electrons. The molecular formula is C9H8N2O. The second-order valence-corrected chi connectivity index (χ2v) is 2.66. The summed E-state index contributed by atoms with van der Waals surface area (Å²) in [4.78, 5) is 15.3. The third-order valence-electron chi connectivity index (χ3n) is 1.85. The molecule has 12 heavy (non-hydrogen) atoms. The minimum absolute atomic E-state index is 0.0244. The van der Waals surface area contributed by atoms with Gasteiger partial charge in [0.25, 0.3) is 0 Å². The molecule has 0 spiro atoms. The van der Waals surface area contributed by atoms with Crippen LogP contribution in [0.2, 0.25) is 0 Å². The summed E-state index contributed by atoms with van der Waals surface area (Å²) in [5.41, 5.74) is 1.37. The Morgan fingerprint density at radius 2 is 2.25 bits per heavy atom. The van der Waals surface area contributed by atoms with Gasteiger partial charge in [-0.05, 0) is 12.1 Å². The lowest BCUT2D eigenvalue weighted by Gasteiger charge is -2.01. The first kappa shape index (κ1) is 7.03. The van der Waals surface area contributed by atoms with Crippen LogP contribution in [0.4, 0.5) is 0 Å². The molecule has 0 N–H and O–H groups in total. The lowest BCUT2D eigenvalue weighted by Crippen LogP contribution is -2.06. The first-order valence-corrected chi connectivity index (χ1v) is 3.69. The average molecular weight is 160 g/mol. The van der Waals surface area contributed by atoms with E-state index >= 15 is 0 Å². The fourth-order valence-corrected chi connectivity index (χ4v) is 1.21. The molecule has 0 bridgehead atoms. The van der Waals surface area contributed by atoms with Crippen molar-refractivity contribution in [2.75, 3.05) is 0 Å². The smallest absolute Gasteiger partial charge is 0.207 e. The van der Waals surface area contributed by atoms with Gasteiger partial charge in [-0.1, -0.05) is 0 Å². The fourth-order valence-electron chi connectivity index (χ4n) is 1.21. The van der Waals surface area contributed by atoms with Crippen LogP contribution in [0.15, 0.2) is 35.4 Å². The number of fused-ring (bicyclic) bond motifs is 1. The predicted octanol–water partition coefficient (Wildman–Crippen LogP) is 0.933. The first-order chi connectivity index (χ1) is 5.79. The molecule has 60 valence electrons. The SMILES string of the molecule is Cn1ccc(=O)c2ncccc21. The van der Waals surface area contributed by atoms with Crippen molar-refractivity contribution in [2.45, 2.75) is 0 Å². The second-order valence-electron chi connectivity index (χ2n) is 2.66. The van der Waals surface area contributed by atoms with E-state index < -0.39 is 0 Å². The number of hydrogen-bond acceptors (Lipinski definition) is 2. The summed E-state index contributed by atoms with van der Waals surface area (Å²) in [5.74, 6) is 0. The van der Waals surface area contributed by atoms with Gasteiger partial charge < -0.3 is 4.57 Å². The topological polar surface area (TPSA) is 34.9 Å². The zero-order chi connectivity index (χ0) is 8.55. The van der Waals surface area contributed by atoms with Crippen molar-refractivity contribution in [3.05, 3.63) is 40.8 Å². The van der Waals surface area contributed by atoms with Gasteiger partial charge in [0.1, 0.15) is 5.52 Å². The Labute approximate surface area is 69.3 Å². The second kappa shape index (κ2) is 2.44. The fraction of sp³-hybridized carbons (Fsp3) is 0.111. The normalized spacial score (nSPS) is 10.4. The molecule has 0 aromatic carbocycles. The molecule has 0 unspecified atom stereocenters. The van der Waals surface area contributed by atoms with E-state index in [2.05, 4.69) is 4.98 Å². The molecule has 2 heterocycles. The molecule has 0 aliphatic heterocycles. The Hall–Kier alpha value is -1.64. The quantitative estimate of drug-likeness (QED) is 0.574. The van der Waals surface area contributed by atoms with Crippen molar-refractivity contribution in [3.63, 3.8) is 0 Å². The van der Waals surface area contributed by atoms with E-state index in [1.807, 2.05) is 23.7 Å². The summed E-state index contributed by atoms with van der Waals surface area (Å²) in [6, 6.07) is 5.22. The van der Waals surface area contributed by atoms with Crippen LogP contribution in [-0.4, -0.2) is 9.55 Å². The van der Waals surface area contributed by atoms with Gasteiger partial charge in [0.05, 0.1) is 5.52 Å². The Morgan fingerprint density at radius 3 is 3.00 bits per heavy atom. The van der Waals surface area contributed by atoms with Crippen molar-refractivity contribution in [1.82, 2.24) is 9.55 Å². The van der Waals surface area contributed by atoms with Gasteiger partial charge in [0.15, 0.2) is 0 Å². The summed E-state index contributed by atoms with van der Waals surface area (Å²) in [6.45, 7) is 0. The summed E-state index contributed by atoms with van der Waals surface area (Å²) in [7, 11) is 1.89. The van der Waals surface area contributed by atoms with Crippen molar-refractivity contribution < 1.29 is 0 Å². The van der Waals surface area contributed by atoms with Gasteiger partial charge in [0, 0.05) is 25.5 Å². The number of aromatic nitrogens is 2. The molecule has 0 amide bonds. The monoisotopic (exact) mass is 160 g/mol. The Morgan fingerprint density at radius 1 is 1.42 bits per heavy atom. The van der Waals surface area contributed by atoms with E-state index in [9.17, 15) is 4.79 Å². The molecule has 2 aromatic rings. The van der Waals surface area contributed by atoms with E-state index in [0.29, 0.717) is 5.52 Å². The van der Waals surface area contributed by atoms with Crippen molar-refractivity contribution >= 4 is 11.0 Å². The van der Waals surface area contributed by atoms with E-state index in [-0.39, 0.29) is 5.43 Å². The highest BCUT2D eigenvalue weighted by Crippen LogP contribution is 2.03. The maximum absolute atomic E-state index is 11.3. The molecule has 0 aliphatic rings. The van der Waals surface area contributed by atoms with Gasteiger partial charge >= 0.3 is 0 Å². The minimum Gasteiger partial charge on any atom is -0.349 e. The Balaban J connectivity index is 3.05. The van der Waals surface area contributed by atoms with E-state index in [0.717, 1.165) is 5.52 Å². The van der Waals surface area contributed by atoms with Crippen LogP contribution < -0.4 is 5.43 Å². The molecule has 0 atom stereocenters. The molecule has 0 fully saturated rings. The molecule has 2 rings (SSSR count). The summed E-state index contributed by atoms with van der Waals surface area (Å²) in [6.07, 6.45) is 3.37. The van der Waals surface area contributed by atoms with E-state index in [4.69, 9.17) is 0 Å². The predicted molar refractivity (Wildman–Crippen MR) is 47.0 cm³/mol. The van der Waals surface area contributed by atoms with Crippen LogP contribution in [0.25, 0.3) is 11.0 Å². The summed E-state index contributed by atoms with van der Waals surface area (Å²) >= 11 is 0. The molecule has 2 aromatic heterocycles. The zero-order valence-corrected chi connectivity index (χ0v) is 6.69. The molecule has 0 saturated carbocycles. The lowest BCUT2D eigenvalue weighted by molar-refractivity contribution is 0.946. The number of pyridine rings is 2. The van der Waals surface area contributed by atoms with E-state index in [1.165, 1.54) is 6.07 Å². The minimum atomic E-state index is -0.0244. The largest absolute Gasteiger partial charge is 0.349 e. The molecule has 0 saturated heterocycles. The molecule has 3 nitrogen and oxygen atoms in total. The Bertz CT molecular complexity index is 473. The van der Waals surface area contributed by atoms with Gasteiger partial charge in [-0.15, -0.1) is 0 Å². The van der Waals surface area contributed by atoms with Crippen molar-refractivity contribution in [3.8, 4) is 0 Å². The number of nitrogens with zero attached hydrogens (tertiary/aromatic N) is 2. The molecule has 3 heteroatoms. The third kappa shape index (κ3) is 0.906. The van der Waals surface area contributed by atoms with Crippen LogP contribution >= 0.6 is 0 Å². The maximum atomic E-state index is 11.3. The van der Waals surface area contributed by atoms with Gasteiger partial charge in [0.2, 0.25) is 5.43 Å². The van der Waals surface area contributed by atoms with Gasteiger partial charge in [-0.3, -0.25) is 9.78 Å². The van der Waals surface area contributed by atoms with Crippen LogP contribution in [0, 0.1) is 0 Å². The summed E-state index contributed by atoms with van der Waals surface area (Å²) in [5, 5.41) is 0. The van der Waals surface area contributed by atoms with Crippen LogP contribution in [0.1, 0.15) is 0 Å². The van der Waals surface area contributed by atoms with Gasteiger partial charge in [-0.2, -0.15) is 0 Å². The van der Waals surface area contributed by atoms with Crippen molar-refractivity contribution in [1.29, 1.82) is 0 Å². The highest BCUT2D eigenvalue weighted by molar-refractivity contribution is 5.73. The number of aryl methyl sites for hydroxylation is 1. The standard InChI is InChI=1S/C9H8N2O/c1-11-6-4-8(12)9-7(11)3-2-5-10-9/h2-6H,1H3. The Kier molecular flexibility index (Phi) is 1.43. The average Bonchev–Trinajstić information content (AvgIpc) is 2.12. The number of rotatable bonds is 0. The van der Waals surface area contributed by atoms with Crippen LogP contribution in [0.5, 0.6) is 0 Å². The summed E-state index contributed by atoms with van der Waals surface area (Å²) < 4.78 is 1.88. The van der Waals surface area contributed by atoms with Crippen LogP contribution in [-0.2, 0) is 7.05 Å². The highest BCUT2D eigenvalue weighted by atomic mass is 16.1. The molecule has 0 aliphatic carbocycles. The number of hydrogen-bond donors (Lipinski definition) is 0. The zero-order valence-electron chi connectivity index (χ0n) is 6.69. The third-order valence-corrected chi connectivity index (χ3v) is 1.85. The van der Waals surface area contributed by atoms with Crippen molar-refractivity contribution in [2.24, 2.45) is 7.05 Å². The first-order valence-electron chi connectivity index (χ1n) is 3.69. The maximum Gasteiger partial charge on any atom is 0.207 e.